The molecular weight excluding hydrogens is 392 g/mol. The zero-order chi connectivity index (χ0) is 19.0. The molecule has 0 radical (unpaired) electrons. The molecule has 10 heteroatoms. The van der Waals surface area contributed by atoms with E-state index in [4.69, 9.17) is 16.3 Å². The molecule has 0 bridgehead atoms. The van der Waals surface area contributed by atoms with Gasteiger partial charge in [-0.1, -0.05) is 29.8 Å². The number of nitrogens with zero attached hydrogens (tertiary/aromatic N) is 4. The van der Waals surface area contributed by atoms with Gasteiger partial charge in [-0.2, -0.15) is 4.31 Å². The second-order valence-corrected chi connectivity index (χ2v) is 8.43. The van der Waals surface area contributed by atoms with E-state index in [1.807, 2.05) is 6.07 Å². The standard InChI is InChI=1S/C17H17ClN4O4S/c18-14-5-2-1-4-13(14)12-22-17(23)21-7-3-6-15(16(21)19-22)27(24,25)20-8-10-26-11-9-20/h1-7H,8-12H2. The molecule has 1 saturated heterocycles. The fraction of sp³-hybridized carbons (Fsp3) is 0.294. The van der Waals surface area contributed by atoms with E-state index in [2.05, 4.69) is 5.10 Å². The minimum absolute atomic E-state index is 0.00177. The van der Waals surface area contributed by atoms with Crippen molar-refractivity contribution in [1.29, 1.82) is 0 Å². The molecule has 27 heavy (non-hydrogen) atoms. The summed E-state index contributed by atoms with van der Waals surface area (Å²) < 4.78 is 35.1. The normalized spacial score (nSPS) is 16.0. The van der Waals surface area contributed by atoms with E-state index >= 15 is 0 Å². The van der Waals surface area contributed by atoms with Crippen LogP contribution in [0, 0.1) is 0 Å². The Hall–Kier alpha value is -2.20. The van der Waals surface area contributed by atoms with E-state index in [9.17, 15) is 13.2 Å². The van der Waals surface area contributed by atoms with Gasteiger partial charge in [-0.15, -0.1) is 5.10 Å². The third-order valence-corrected chi connectivity index (χ3v) is 6.73. The fourth-order valence-electron chi connectivity index (χ4n) is 3.03. The van der Waals surface area contributed by atoms with E-state index < -0.39 is 15.7 Å². The van der Waals surface area contributed by atoms with Gasteiger partial charge in [0.15, 0.2) is 5.65 Å². The molecule has 0 saturated carbocycles. The maximum Gasteiger partial charge on any atom is 0.350 e. The first kappa shape index (κ1) is 18.2. The Labute approximate surface area is 160 Å². The zero-order valence-electron chi connectivity index (χ0n) is 14.3. The molecule has 4 rings (SSSR count). The van der Waals surface area contributed by atoms with Crippen LogP contribution in [-0.4, -0.2) is 53.2 Å². The van der Waals surface area contributed by atoms with Crippen LogP contribution in [0.4, 0.5) is 0 Å². The number of hydrogen-bond donors (Lipinski definition) is 0. The maximum absolute atomic E-state index is 13.0. The molecule has 3 aromatic rings. The van der Waals surface area contributed by atoms with Gasteiger partial charge in [-0.25, -0.2) is 22.3 Å². The number of halogens is 1. The molecule has 0 aliphatic carbocycles. The number of aromatic nitrogens is 3. The highest BCUT2D eigenvalue weighted by Crippen LogP contribution is 2.21. The van der Waals surface area contributed by atoms with Gasteiger partial charge in [0.25, 0.3) is 0 Å². The third-order valence-electron chi connectivity index (χ3n) is 4.44. The van der Waals surface area contributed by atoms with E-state index in [-0.39, 0.29) is 30.2 Å². The number of pyridine rings is 1. The third kappa shape index (κ3) is 3.27. The Kier molecular flexibility index (Phi) is 4.77. The Morgan fingerprint density at radius 2 is 1.85 bits per heavy atom. The van der Waals surface area contributed by atoms with Crippen molar-refractivity contribution in [3.63, 3.8) is 0 Å². The molecule has 0 spiro atoms. The number of hydrogen-bond acceptors (Lipinski definition) is 5. The highest BCUT2D eigenvalue weighted by Gasteiger charge is 2.29. The quantitative estimate of drug-likeness (QED) is 0.648. The zero-order valence-corrected chi connectivity index (χ0v) is 15.9. The molecule has 0 atom stereocenters. The number of morpholine rings is 1. The first-order chi connectivity index (χ1) is 13.0. The topological polar surface area (TPSA) is 85.9 Å². The molecule has 142 valence electrons. The summed E-state index contributed by atoms with van der Waals surface area (Å²) in [5.74, 6) is 0. The predicted molar refractivity (Wildman–Crippen MR) is 99.6 cm³/mol. The van der Waals surface area contributed by atoms with Crippen molar-refractivity contribution in [3.05, 3.63) is 63.7 Å². The monoisotopic (exact) mass is 408 g/mol. The van der Waals surface area contributed by atoms with Gasteiger partial charge in [0.1, 0.15) is 4.90 Å². The average molecular weight is 409 g/mol. The second-order valence-electron chi connectivity index (χ2n) is 6.11. The number of ether oxygens (including phenoxy) is 1. The number of rotatable bonds is 4. The molecular formula is C17H17ClN4O4S. The first-order valence-corrected chi connectivity index (χ1v) is 10.2. The molecule has 1 aliphatic heterocycles. The Balaban J connectivity index is 1.80. The van der Waals surface area contributed by atoms with Gasteiger partial charge < -0.3 is 4.74 Å². The van der Waals surface area contributed by atoms with Crippen LogP contribution in [0.1, 0.15) is 5.56 Å². The molecule has 1 aliphatic rings. The van der Waals surface area contributed by atoms with Gasteiger partial charge in [0, 0.05) is 24.3 Å². The molecule has 1 aromatic carbocycles. The SMILES string of the molecule is O=c1n(Cc2ccccc2Cl)nc2c(S(=O)(=O)N3CCOCC3)cccn12. The van der Waals surface area contributed by atoms with Gasteiger partial charge in [-0.3, -0.25) is 0 Å². The Morgan fingerprint density at radius 3 is 2.59 bits per heavy atom. The van der Waals surface area contributed by atoms with Gasteiger partial charge in [0.2, 0.25) is 10.0 Å². The Bertz CT molecular complexity index is 1150. The van der Waals surface area contributed by atoms with Crippen LogP contribution < -0.4 is 5.69 Å². The maximum atomic E-state index is 13.0. The molecule has 3 heterocycles. The van der Waals surface area contributed by atoms with E-state index in [0.717, 1.165) is 5.56 Å². The summed E-state index contributed by atoms with van der Waals surface area (Å²) in [6.45, 7) is 1.38. The molecule has 1 fully saturated rings. The van der Waals surface area contributed by atoms with Crippen LogP contribution in [0.25, 0.3) is 5.65 Å². The van der Waals surface area contributed by atoms with Crippen LogP contribution in [-0.2, 0) is 21.3 Å². The Morgan fingerprint density at radius 1 is 1.11 bits per heavy atom. The minimum Gasteiger partial charge on any atom is -0.379 e. The molecule has 8 nitrogen and oxygen atoms in total. The van der Waals surface area contributed by atoms with Crippen LogP contribution in [0.3, 0.4) is 0 Å². The van der Waals surface area contributed by atoms with Crippen LogP contribution >= 0.6 is 11.6 Å². The number of benzene rings is 1. The van der Waals surface area contributed by atoms with Crippen molar-refractivity contribution in [2.24, 2.45) is 0 Å². The molecule has 0 amide bonds. The molecule has 0 unspecified atom stereocenters. The summed E-state index contributed by atoms with van der Waals surface area (Å²) in [5, 5.41) is 4.80. The average Bonchev–Trinajstić information content (AvgIpc) is 3.00. The summed E-state index contributed by atoms with van der Waals surface area (Å²) in [6.07, 6.45) is 1.51. The lowest BCUT2D eigenvalue weighted by molar-refractivity contribution is 0.0730. The summed E-state index contributed by atoms with van der Waals surface area (Å²) >= 11 is 6.17. The van der Waals surface area contributed by atoms with Gasteiger partial charge in [-0.05, 0) is 23.8 Å². The van der Waals surface area contributed by atoms with E-state index in [0.29, 0.717) is 18.2 Å². The summed E-state index contributed by atoms with van der Waals surface area (Å²) in [5.41, 5.74) is 0.396. The van der Waals surface area contributed by atoms with Gasteiger partial charge >= 0.3 is 5.69 Å². The summed E-state index contributed by atoms with van der Waals surface area (Å²) in [7, 11) is -3.78. The summed E-state index contributed by atoms with van der Waals surface area (Å²) in [4.78, 5) is 12.7. The number of sulfonamides is 1. The van der Waals surface area contributed by atoms with Crippen molar-refractivity contribution < 1.29 is 13.2 Å². The second kappa shape index (κ2) is 7.08. The van der Waals surface area contributed by atoms with Crippen molar-refractivity contribution in [2.75, 3.05) is 26.3 Å². The van der Waals surface area contributed by atoms with E-state index in [1.165, 1.54) is 31.7 Å². The predicted octanol–water partition coefficient (Wildman–Crippen LogP) is 1.22. The smallest absolute Gasteiger partial charge is 0.350 e. The lowest BCUT2D eigenvalue weighted by Gasteiger charge is -2.25. The lowest BCUT2D eigenvalue weighted by atomic mass is 10.2. The largest absolute Gasteiger partial charge is 0.379 e. The molecule has 0 N–H and O–H groups in total. The van der Waals surface area contributed by atoms with Crippen molar-refractivity contribution in [3.8, 4) is 0 Å². The van der Waals surface area contributed by atoms with E-state index in [1.54, 1.807) is 18.2 Å². The minimum atomic E-state index is -3.78. The molecule has 2 aromatic heterocycles. The highest BCUT2D eigenvalue weighted by molar-refractivity contribution is 7.89. The van der Waals surface area contributed by atoms with Crippen molar-refractivity contribution >= 4 is 27.3 Å². The van der Waals surface area contributed by atoms with Crippen LogP contribution in [0.2, 0.25) is 5.02 Å². The van der Waals surface area contributed by atoms with Crippen molar-refractivity contribution in [1.82, 2.24) is 18.5 Å². The van der Waals surface area contributed by atoms with Crippen LogP contribution in [0.15, 0.2) is 52.3 Å². The number of fused-ring (bicyclic) bond motifs is 1. The first-order valence-electron chi connectivity index (χ1n) is 8.38. The highest BCUT2D eigenvalue weighted by atomic mass is 35.5. The summed E-state index contributed by atoms with van der Waals surface area (Å²) in [6, 6.07) is 10.1. The lowest BCUT2D eigenvalue weighted by Crippen LogP contribution is -2.40. The van der Waals surface area contributed by atoms with Gasteiger partial charge in [0.05, 0.1) is 19.8 Å². The fourth-order valence-corrected chi connectivity index (χ4v) is 4.76. The van der Waals surface area contributed by atoms with Crippen molar-refractivity contribution in [2.45, 2.75) is 11.4 Å². The van der Waals surface area contributed by atoms with Crippen LogP contribution in [0.5, 0.6) is 0 Å².